The van der Waals surface area contributed by atoms with Crippen molar-refractivity contribution in [2.45, 2.75) is 37.6 Å². The topological polar surface area (TPSA) is 26.7 Å². The molecular weight excluding hydrogens is 379 g/mol. The predicted octanol–water partition coefficient (Wildman–Crippen LogP) is 5.22. The molecule has 3 nitrogen and oxygen atoms in total. The van der Waals surface area contributed by atoms with Gasteiger partial charge >= 0.3 is 0 Å². The van der Waals surface area contributed by atoms with Gasteiger partial charge in [0.15, 0.2) is 0 Å². The van der Waals surface area contributed by atoms with Crippen LogP contribution in [0.2, 0.25) is 0 Å². The first-order valence-electron chi connectivity index (χ1n) is 9.62. The van der Waals surface area contributed by atoms with Crippen molar-refractivity contribution < 1.29 is 5.11 Å². The van der Waals surface area contributed by atoms with Gasteiger partial charge in [0.05, 0.1) is 0 Å². The number of halogens is 2. The van der Waals surface area contributed by atoms with E-state index in [0.717, 1.165) is 26.2 Å². The van der Waals surface area contributed by atoms with Gasteiger partial charge in [-0.2, -0.15) is 0 Å². The Morgan fingerprint density at radius 2 is 1.41 bits per heavy atom. The molecule has 1 saturated carbocycles. The highest BCUT2D eigenvalue weighted by molar-refractivity contribution is 5.85. The Balaban J connectivity index is 0.00000131. The molecule has 0 aromatic heterocycles. The molecule has 27 heavy (non-hydrogen) atoms. The second kappa shape index (κ2) is 9.68. The Hall–Kier alpha value is -1.42. The van der Waals surface area contributed by atoms with Crippen molar-refractivity contribution in [1.82, 2.24) is 4.90 Å². The molecular formula is C22H30Cl2N2O. The molecule has 148 valence electrons. The smallest absolute Gasteiger partial charge is 0.115 e. The van der Waals surface area contributed by atoms with Gasteiger partial charge in [-0.25, -0.2) is 0 Å². The Kier molecular flexibility index (Phi) is 7.84. The maximum atomic E-state index is 10.0. The molecule has 5 heteroatoms. The molecule has 1 aliphatic carbocycles. The summed E-state index contributed by atoms with van der Waals surface area (Å²) < 4.78 is 0. The lowest BCUT2D eigenvalue weighted by Crippen LogP contribution is -2.56. The normalized spacial score (nSPS) is 19.6. The lowest BCUT2D eigenvalue weighted by molar-refractivity contribution is 0.0415. The van der Waals surface area contributed by atoms with E-state index < -0.39 is 0 Å². The standard InChI is InChI=1S/C22H28N2O.2ClH/c25-21-11-7-8-19(18-21)22(12-5-2-6-13-22)24-16-14-23(15-17-24)20-9-3-1-4-10-20;;/h1,3-4,7-11,18,25H,2,5-6,12-17H2;2*1H. The van der Waals surface area contributed by atoms with E-state index in [-0.39, 0.29) is 30.4 Å². The molecule has 1 aliphatic heterocycles. The van der Waals surface area contributed by atoms with E-state index >= 15 is 0 Å². The summed E-state index contributed by atoms with van der Waals surface area (Å²) in [5.41, 5.74) is 2.75. The molecule has 4 rings (SSSR count). The summed E-state index contributed by atoms with van der Waals surface area (Å²) >= 11 is 0. The molecule has 1 N–H and O–H groups in total. The SMILES string of the molecule is Cl.Cl.Oc1cccc(C2(N3CCN(c4ccccc4)CC3)CCCCC2)c1. The number of rotatable bonds is 3. The zero-order valence-electron chi connectivity index (χ0n) is 15.7. The monoisotopic (exact) mass is 408 g/mol. The molecule has 2 aromatic carbocycles. The first-order chi connectivity index (χ1) is 12.3. The van der Waals surface area contributed by atoms with E-state index in [2.05, 4.69) is 46.2 Å². The average Bonchev–Trinajstić information content (AvgIpc) is 2.69. The first kappa shape index (κ1) is 21.9. The Labute approximate surface area is 175 Å². The van der Waals surface area contributed by atoms with Crippen molar-refractivity contribution in [3.05, 3.63) is 60.2 Å². The number of nitrogens with zero attached hydrogens (tertiary/aromatic N) is 2. The van der Waals surface area contributed by atoms with E-state index in [1.54, 1.807) is 6.07 Å². The van der Waals surface area contributed by atoms with Crippen LogP contribution in [0.25, 0.3) is 0 Å². The third-order valence-corrected chi connectivity index (χ3v) is 6.07. The van der Waals surface area contributed by atoms with Gasteiger partial charge < -0.3 is 10.0 Å². The molecule has 2 aromatic rings. The van der Waals surface area contributed by atoms with Crippen LogP contribution >= 0.6 is 24.8 Å². The van der Waals surface area contributed by atoms with Crippen LogP contribution in [0.5, 0.6) is 5.75 Å². The molecule has 2 fully saturated rings. The van der Waals surface area contributed by atoms with Gasteiger partial charge in [-0.3, -0.25) is 4.90 Å². The highest BCUT2D eigenvalue weighted by Crippen LogP contribution is 2.43. The van der Waals surface area contributed by atoms with Crippen molar-refractivity contribution in [1.29, 1.82) is 0 Å². The summed E-state index contributed by atoms with van der Waals surface area (Å²) in [5, 5.41) is 10.0. The fraction of sp³-hybridized carbons (Fsp3) is 0.455. The van der Waals surface area contributed by atoms with Crippen molar-refractivity contribution in [2.75, 3.05) is 31.1 Å². The molecule has 0 bridgehead atoms. The molecule has 0 radical (unpaired) electrons. The minimum Gasteiger partial charge on any atom is -0.508 e. The second-order valence-corrected chi connectivity index (χ2v) is 7.45. The minimum atomic E-state index is 0. The van der Waals surface area contributed by atoms with Crippen LogP contribution in [0.4, 0.5) is 5.69 Å². The third-order valence-electron chi connectivity index (χ3n) is 6.07. The minimum absolute atomic E-state index is 0. The fourth-order valence-corrected chi connectivity index (χ4v) is 4.75. The van der Waals surface area contributed by atoms with E-state index in [1.165, 1.54) is 43.4 Å². The van der Waals surface area contributed by atoms with Crippen LogP contribution in [-0.2, 0) is 5.54 Å². The van der Waals surface area contributed by atoms with Crippen molar-refractivity contribution >= 4 is 30.5 Å². The van der Waals surface area contributed by atoms with Crippen molar-refractivity contribution in [3.8, 4) is 5.75 Å². The summed E-state index contributed by atoms with van der Waals surface area (Å²) in [6.07, 6.45) is 6.33. The predicted molar refractivity (Wildman–Crippen MR) is 118 cm³/mol. The van der Waals surface area contributed by atoms with Crippen LogP contribution in [-0.4, -0.2) is 36.2 Å². The van der Waals surface area contributed by atoms with Gasteiger partial charge in [-0.1, -0.05) is 49.6 Å². The van der Waals surface area contributed by atoms with E-state index in [4.69, 9.17) is 0 Å². The van der Waals surface area contributed by atoms with Gasteiger partial charge in [0.25, 0.3) is 0 Å². The first-order valence-corrected chi connectivity index (χ1v) is 9.62. The number of phenols is 1. The van der Waals surface area contributed by atoms with Crippen molar-refractivity contribution in [2.24, 2.45) is 0 Å². The number of phenolic OH excluding ortho intramolecular Hbond substituents is 1. The van der Waals surface area contributed by atoms with E-state index in [9.17, 15) is 5.11 Å². The van der Waals surface area contributed by atoms with Gasteiger partial charge in [0.2, 0.25) is 0 Å². The zero-order chi connectivity index (χ0) is 17.1. The number of aromatic hydroxyl groups is 1. The van der Waals surface area contributed by atoms with Crippen LogP contribution in [0.15, 0.2) is 54.6 Å². The molecule has 2 aliphatic rings. The maximum Gasteiger partial charge on any atom is 0.115 e. The number of hydrogen-bond acceptors (Lipinski definition) is 3. The number of para-hydroxylation sites is 1. The summed E-state index contributed by atoms with van der Waals surface area (Å²) in [7, 11) is 0. The lowest BCUT2D eigenvalue weighted by Gasteiger charge is -2.50. The average molecular weight is 409 g/mol. The molecule has 1 saturated heterocycles. The van der Waals surface area contributed by atoms with Gasteiger partial charge in [0.1, 0.15) is 5.75 Å². The molecule has 0 atom stereocenters. The highest BCUT2D eigenvalue weighted by Gasteiger charge is 2.40. The molecule has 0 unspecified atom stereocenters. The number of piperazine rings is 1. The summed E-state index contributed by atoms with van der Waals surface area (Å²) in [6.45, 7) is 4.32. The second-order valence-electron chi connectivity index (χ2n) is 7.45. The van der Waals surface area contributed by atoms with Crippen LogP contribution in [0.3, 0.4) is 0 Å². The third kappa shape index (κ3) is 4.53. The number of anilines is 1. The Bertz CT molecular complexity index is 696. The fourth-order valence-electron chi connectivity index (χ4n) is 4.75. The van der Waals surface area contributed by atoms with E-state index in [1.807, 2.05) is 12.1 Å². The van der Waals surface area contributed by atoms with Gasteiger partial charge in [-0.15, -0.1) is 24.8 Å². The molecule has 1 heterocycles. The summed E-state index contributed by atoms with van der Waals surface area (Å²) in [5.74, 6) is 0.394. The largest absolute Gasteiger partial charge is 0.508 e. The summed E-state index contributed by atoms with van der Waals surface area (Å²) in [6, 6.07) is 18.7. The number of hydrogen-bond donors (Lipinski definition) is 1. The molecule has 0 spiro atoms. The van der Waals surface area contributed by atoms with Crippen LogP contribution < -0.4 is 4.90 Å². The number of benzene rings is 2. The van der Waals surface area contributed by atoms with Crippen molar-refractivity contribution in [3.63, 3.8) is 0 Å². The van der Waals surface area contributed by atoms with Gasteiger partial charge in [0, 0.05) is 37.4 Å². The Morgan fingerprint density at radius 3 is 2.04 bits per heavy atom. The Morgan fingerprint density at radius 1 is 0.741 bits per heavy atom. The zero-order valence-corrected chi connectivity index (χ0v) is 17.4. The quantitative estimate of drug-likeness (QED) is 0.753. The van der Waals surface area contributed by atoms with Gasteiger partial charge in [-0.05, 0) is 42.7 Å². The highest BCUT2D eigenvalue weighted by atomic mass is 35.5. The summed E-state index contributed by atoms with van der Waals surface area (Å²) in [4.78, 5) is 5.19. The van der Waals surface area contributed by atoms with Crippen LogP contribution in [0.1, 0.15) is 37.7 Å². The lowest BCUT2D eigenvalue weighted by atomic mass is 9.75. The maximum absolute atomic E-state index is 10.0. The van der Waals surface area contributed by atoms with E-state index in [0.29, 0.717) is 5.75 Å². The van der Waals surface area contributed by atoms with Crippen LogP contribution in [0, 0.1) is 0 Å². The molecule has 0 amide bonds.